The number of aliphatic hydroxyl groups excluding tert-OH is 1. The number of thiazole rings is 1. The molecule has 1 aromatic rings. The molecule has 1 aromatic heterocycles. The van der Waals surface area contributed by atoms with Crippen molar-refractivity contribution in [3.05, 3.63) is 23.7 Å². The molecular formula is C19H28N4O4S. The van der Waals surface area contributed by atoms with Gasteiger partial charge in [0.1, 0.15) is 6.10 Å². The Labute approximate surface area is 169 Å². The Balaban J connectivity index is 1.44. The molecule has 2 amide bonds. The Hall–Kier alpha value is -1.81. The summed E-state index contributed by atoms with van der Waals surface area (Å²) in [5.74, 6) is -0.257. The highest BCUT2D eigenvalue weighted by atomic mass is 32.1. The van der Waals surface area contributed by atoms with Crippen LogP contribution in [-0.4, -0.2) is 71.3 Å². The van der Waals surface area contributed by atoms with Gasteiger partial charge in [0, 0.05) is 24.5 Å². The van der Waals surface area contributed by atoms with Gasteiger partial charge in [0.15, 0.2) is 5.13 Å². The molecule has 8 nitrogen and oxygen atoms in total. The SMILES string of the molecule is O=C(C[C@H]1C=C[C@H](NC(=O)CCN2CCCCC2)[C@H](CO)O1)Nc1nccs1. The zero-order valence-electron chi connectivity index (χ0n) is 15.9. The number of anilines is 1. The number of nitrogens with zero attached hydrogens (tertiary/aromatic N) is 2. The number of carbonyl (C=O) groups is 2. The molecule has 2 aliphatic rings. The average Bonchev–Trinajstić information content (AvgIpc) is 3.21. The van der Waals surface area contributed by atoms with Crippen LogP contribution in [0.3, 0.4) is 0 Å². The fourth-order valence-corrected chi connectivity index (χ4v) is 4.02. The highest BCUT2D eigenvalue weighted by Gasteiger charge is 2.29. The van der Waals surface area contributed by atoms with Gasteiger partial charge in [-0.25, -0.2) is 4.98 Å². The maximum atomic E-state index is 12.3. The minimum atomic E-state index is -0.568. The fraction of sp³-hybridized carbons (Fsp3) is 0.632. The molecule has 154 valence electrons. The van der Waals surface area contributed by atoms with Gasteiger partial charge in [0.25, 0.3) is 0 Å². The van der Waals surface area contributed by atoms with Gasteiger partial charge in [0.05, 0.1) is 25.2 Å². The van der Waals surface area contributed by atoms with E-state index in [1.54, 1.807) is 17.7 Å². The zero-order valence-corrected chi connectivity index (χ0v) is 16.7. The van der Waals surface area contributed by atoms with Crippen LogP contribution in [0.2, 0.25) is 0 Å². The number of hydrogen-bond acceptors (Lipinski definition) is 7. The molecule has 0 spiro atoms. The van der Waals surface area contributed by atoms with Crippen LogP contribution in [0.4, 0.5) is 5.13 Å². The van der Waals surface area contributed by atoms with E-state index in [0.29, 0.717) is 11.6 Å². The van der Waals surface area contributed by atoms with Crippen molar-refractivity contribution in [2.24, 2.45) is 0 Å². The van der Waals surface area contributed by atoms with Gasteiger partial charge in [-0.15, -0.1) is 11.3 Å². The highest BCUT2D eigenvalue weighted by Crippen LogP contribution is 2.18. The van der Waals surface area contributed by atoms with Crippen LogP contribution in [-0.2, 0) is 14.3 Å². The van der Waals surface area contributed by atoms with E-state index in [0.717, 1.165) is 19.6 Å². The smallest absolute Gasteiger partial charge is 0.229 e. The minimum Gasteiger partial charge on any atom is -0.394 e. The molecule has 0 bridgehead atoms. The lowest BCUT2D eigenvalue weighted by molar-refractivity contribution is -0.126. The largest absolute Gasteiger partial charge is 0.394 e. The Bertz CT molecular complexity index is 661. The molecule has 1 fully saturated rings. The number of ether oxygens (including phenoxy) is 1. The summed E-state index contributed by atoms with van der Waals surface area (Å²) in [6, 6.07) is -0.392. The third-order valence-electron chi connectivity index (χ3n) is 4.96. The summed E-state index contributed by atoms with van der Waals surface area (Å²) in [4.78, 5) is 30.7. The van der Waals surface area contributed by atoms with Crippen LogP contribution in [0.5, 0.6) is 0 Å². The first-order valence-electron chi connectivity index (χ1n) is 9.80. The Morgan fingerprint density at radius 3 is 2.79 bits per heavy atom. The molecule has 1 saturated heterocycles. The summed E-state index contributed by atoms with van der Waals surface area (Å²) < 4.78 is 5.79. The molecular weight excluding hydrogens is 380 g/mol. The third-order valence-corrected chi connectivity index (χ3v) is 5.65. The van der Waals surface area contributed by atoms with Crippen LogP contribution < -0.4 is 10.6 Å². The Morgan fingerprint density at radius 2 is 2.07 bits per heavy atom. The van der Waals surface area contributed by atoms with Crippen molar-refractivity contribution in [1.29, 1.82) is 0 Å². The topological polar surface area (TPSA) is 104 Å². The van der Waals surface area contributed by atoms with Gasteiger partial charge in [-0.3, -0.25) is 9.59 Å². The molecule has 3 heterocycles. The summed E-state index contributed by atoms with van der Waals surface area (Å²) >= 11 is 1.35. The molecule has 0 unspecified atom stereocenters. The predicted molar refractivity (Wildman–Crippen MR) is 107 cm³/mol. The van der Waals surface area contributed by atoms with Crippen LogP contribution in [0.25, 0.3) is 0 Å². The maximum Gasteiger partial charge on any atom is 0.229 e. The van der Waals surface area contributed by atoms with Gasteiger partial charge in [0.2, 0.25) is 11.8 Å². The number of carbonyl (C=O) groups excluding carboxylic acids is 2. The van der Waals surface area contributed by atoms with E-state index in [1.807, 2.05) is 6.08 Å². The molecule has 3 N–H and O–H groups in total. The second kappa shape index (κ2) is 10.7. The van der Waals surface area contributed by atoms with Gasteiger partial charge in [-0.05, 0) is 25.9 Å². The summed E-state index contributed by atoms with van der Waals surface area (Å²) in [6.07, 6.45) is 8.42. The van der Waals surface area contributed by atoms with Crippen molar-refractivity contribution in [3.63, 3.8) is 0 Å². The molecule has 0 radical (unpaired) electrons. The Kier molecular flexibility index (Phi) is 7.96. The number of hydrogen-bond donors (Lipinski definition) is 3. The van der Waals surface area contributed by atoms with Crippen molar-refractivity contribution in [1.82, 2.24) is 15.2 Å². The van der Waals surface area contributed by atoms with E-state index in [4.69, 9.17) is 4.74 Å². The van der Waals surface area contributed by atoms with Gasteiger partial charge >= 0.3 is 0 Å². The first-order chi connectivity index (χ1) is 13.6. The second-order valence-electron chi connectivity index (χ2n) is 7.12. The normalized spacial score (nSPS) is 25.4. The molecule has 0 saturated carbocycles. The monoisotopic (exact) mass is 408 g/mol. The van der Waals surface area contributed by atoms with Crippen molar-refractivity contribution in [2.75, 3.05) is 31.6 Å². The van der Waals surface area contributed by atoms with Crippen LogP contribution in [0.1, 0.15) is 32.1 Å². The standard InChI is InChI=1S/C19H28N4O4S/c24-13-16-15(21-17(25)6-10-23-8-2-1-3-9-23)5-4-14(27-16)12-18(26)22-19-20-7-11-28-19/h4-5,7,11,14-16,24H,1-3,6,8-10,12-13H2,(H,21,25)(H,20,22,26)/t14-,15+,16+/m1/s1. The van der Waals surface area contributed by atoms with E-state index in [2.05, 4.69) is 20.5 Å². The summed E-state index contributed by atoms with van der Waals surface area (Å²) in [5, 5.41) is 17.6. The first kappa shape index (κ1) is 20.9. The Morgan fingerprint density at radius 1 is 1.25 bits per heavy atom. The molecule has 3 rings (SSSR count). The zero-order chi connectivity index (χ0) is 19.8. The van der Waals surface area contributed by atoms with Crippen LogP contribution in [0.15, 0.2) is 23.7 Å². The molecule has 2 aliphatic heterocycles. The van der Waals surface area contributed by atoms with E-state index in [1.165, 1.54) is 30.6 Å². The molecule has 3 atom stereocenters. The first-order valence-corrected chi connectivity index (χ1v) is 10.7. The van der Waals surface area contributed by atoms with Crippen LogP contribution >= 0.6 is 11.3 Å². The molecule has 0 aliphatic carbocycles. The van der Waals surface area contributed by atoms with E-state index >= 15 is 0 Å². The summed E-state index contributed by atoms with van der Waals surface area (Å²) in [5.41, 5.74) is 0. The van der Waals surface area contributed by atoms with Gasteiger partial charge in [-0.2, -0.15) is 0 Å². The molecule has 9 heteroatoms. The van der Waals surface area contributed by atoms with E-state index in [-0.39, 0.29) is 24.8 Å². The summed E-state index contributed by atoms with van der Waals surface area (Å²) in [6.45, 7) is 2.64. The number of nitrogens with one attached hydrogen (secondary N) is 2. The fourth-order valence-electron chi connectivity index (χ4n) is 3.47. The van der Waals surface area contributed by atoms with Crippen molar-refractivity contribution in [2.45, 2.75) is 50.4 Å². The molecule has 0 aromatic carbocycles. The number of rotatable bonds is 8. The maximum absolute atomic E-state index is 12.3. The van der Waals surface area contributed by atoms with Gasteiger partial charge in [-0.1, -0.05) is 18.6 Å². The third kappa shape index (κ3) is 6.37. The number of piperidine rings is 1. The second-order valence-corrected chi connectivity index (χ2v) is 8.01. The van der Waals surface area contributed by atoms with Crippen molar-refractivity contribution < 1.29 is 19.4 Å². The van der Waals surface area contributed by atoms with Gasteiger partial charge < -0.3 is 25.4 Å². The van der Waals surface area contributed by atoms with E-state index in [9.17, 15) is 14.7 Å². The lowest BCUT2D eigenvalue weighted by atomic mass is 10.0. The summed E-state index contributed by atoms with van der Waals surface area (Å²) in [7, 11) is 0. The lowest BCUT2D eigenvalue weighted by Gasteiger charge is -2.32. The lowest BCUT2D eigenvalue weighted by Crippen LogP contribution is -2.49. The molecule has 28 heavy (non-hydrogen) atoms. The predicted octanol–water partition coefficient (Wildman–Crippen LogP) is 1.15. The number of likely N-dealkylation sites (tertiary alicyclic amines) is 1. The van der Waals surface area contributed by atoms with Crippen molar-refractivity contribution >= 4 is 28.3 Å². The number of aromatic nitrogens is 1. The van der Waals surface area contributed by atoms with Crippen molar-refractivity contribution in [3.8, 4) is 0 Å². The number of amides is 2. The quantitative estimate of drug-likeness (QED) is 0.558. The number of aliphatic hydroxyl groups is 1. The minimum absolute atomic E-state index is 0.0535. The van der Waals surface area contributed by atoms with E-state index < -0.39 is 18.2 Å². The highest BCUT2D eigenvalue weighted by molar-refractivity contribution is 7.13. The average molecular weight is 409 g/mol. The van der Waals surface area contributed by atoms with Crippen LogP contribution in [0, 0.1) is 0 Å².